The van der Waals surface area contributed by atoms with Gasteiger partial charge in [-0.25, -0.2) is 4.79 Å². The zero-order chi connectivity index (χ0) is 14.2. The molecule has 0 unspecified atom stereocenters. The molecule has 0 radical (unpaired) electrons. The molecule has 0 saturated heterocycles. The standard InChI is InChI=1S/C14H16N2O3/c1-9-7-10(19-4)5-6-11(9)12-8-13(17)16(3)14(18)15(12)2/h5-8H,1-4H3. The summed E-state index contributed by atoms with van der Waals surface area (Å²) in [7, 11) is 4.72. The Morgan fingerprint density at radius 2 is 1.74 bits per heavy atom. The topological polar surface area (TPSA) is 53.2 Å². The summed E-state index contributed by atoms with van der Waals surface area (Å²) in [5, 5.41) is 0. The lowest BCUT2D eigenvalue weighted by Gasteiger charge is -2.12. The van der Waals surface area contributed by atoms with Crippen molar-refractivity contribution in [1.29, 1.82) is 0 Å². The highest BCUT2D eigenvalue weighted by atomic mass is 16.5. The first-order valence-corrected chi connectivity index (χ1v) is 5.87. The van der Waals surface area contributed by atoms with Crippen molar-refractivity contribution in [3.8, 4) is 17.0 Å². The van der Waals surface area contributed by atoms with Crippen molar-refractivity contribution >= 4 is 0 Å². The third-order valence-electron chi connectivity index (χ3n) is 3.24. The van der Waals surface area contributed by atoms with Crippen LogP contribution >= 0.6 is 0 Å². The SMILES string of the molecule is COc1ccc(-c2cc(=O)n(C)c(=O)n2C)c(C)c1. The van der Waals surface area contributed by atoms with Gasteiger partial charge < -0.3 is 4.74 Å². The molecule has 0 aliphatic carbocycles. The van der Waals surface area contributed by atoms with Crippen LogP contribution in [0.3, 0.4) is 0 Å². The van der Waals surface area contributed by atoms with Gasteiger partial charge in [0.15, 0.2) is 0 Å². The van der Waals surface area contributed by atoms with Gasteiger partial charge in [-0.1, -0.05) is 0 Å². The number of methoxy groups -OCH3 is 1. The van der Waals surface area contributed by atoms with E-state index in [1.165, 1.54) is 17.7 Å². The van der Waals surface area contributed by atoms with Crippen LogP contribution in [0.1, 0.15) is 5.56 Å². The molecule has 0 aliphatic rings. The van der Waals surface area contributed by atoms with Gasteiger partial charge in [-0.05, 0) is 30.7 Å². The number of hydrogen-bond acceptors (Lipinski definition) is 3. The molecule has 0 aliphatic heterocycles. The van der Waals surface area contributed by atoms with Crippen LogP contribution in [-0.4, -0.2) is 16.2 Å². The van der Waals surface area contributed by atoms with Crippen molar-refractivity contribution in [1.82, 2.24) is 9.13 Å². The van der Waals surface area contributed by atoms with E-state index in [2.05, 4.69) is 0 Å². The van der Waals surface area contributed by atoms with Crippen LogP contribution in [0.4, 0.5) is 0 Å². The Bertz CT molecular complexity index is 741. The highest BCUT2D eigenvalue weighted by Gasteiger charge is 2.10. The third-order valence-corrected chi connectivity index (χ3v) is 3.24. The minimum absolute atomic E-state index is 0.312. The molecule has 5 nitrogen and oxygen atoms in total. The Morgan fingerprint density at radius 3 is 2.32 bits per heavy atom. The predicted molar refractivity (Wildman–Crippen MR) is 73.6 cm³/mol. The first kappa shape index (κ1) is 13.1. The largest absolute Gasteiger partial charge is 0.497 e. The van der Waals surface area contributed by atoms with Gasteiger partial charge in [-0.15, -0.1) is 0 Å². The average molecular weight is 260 g/mol. The van der Waals surface area contributed by atoms with Gasteiger partial charge in [0, 0.05) is 25.7 Å². The van der Waals surface area contributed by atoms with Gasteiger partial charge in [-0.2, -0.15) is 0 Å². The second-order valence-electron chi connectivity index (χ2n) is 4.45. The summed E-state index contributed by atoms with van der Waals surface area (Å²) in [6.45, 7) is 1.92. The first-order valence-electron chi connectivity index (χ1n) is 5.87. The van der Waals surface area contributed by atoms with Crippen LogP contribution in [0.15, 0.2) is 33.9 Å². The van der Waals surface area contributed by atoms with Crippen molar-refractivity contribution < 1.29 is 4.74 Å². The van der Waals surface area contributed by atoms with E-state index in [4.69, 9.17) is 4.74 Å². The van der Waals surface area contributed by atoms with E-state index < -0.39 is 0 Å². The van der Waals surface area contributed by atoms with Crippen LogP contribution in [0.5, 0.6) is 5.75 Å². The second kappa shape index (κ2) is 4.76. The summed E-state index contributed by atoms with van der Waals surface area (Å²) in [5.74, 6) is 0.745. The highest BCUT2D eigenvalue weighted by Crippen LogP contribution is 2.24. The summed E-state index contributed by atoms with van der Waals surface area (Å²) >= 11 is 0. The molecule has 1 aromatic heterocycles. The van der Waals surface area contributed by atoms with Crippen LogP contribution in [0, 0.1) is 6.92 Å². The van der Waals surface area contributed by atoms with Gasteiger partial charge in [0.25, 0.3) is 5.56 Å². The lowest BCUT2D eigenvalue weighted by atomic mass is 10.0. The average Bonchev–Trinajstić information content (AvgIpc) is 2.41. The van der Waals surface area contributed by atoms with Crippen LogP contribution in [0.25, 0.3) is 11.3 Å². The zero-order valence-electron chi connectivity index (χ0n) is 11.4. The van der Waals surface area contributed by atoms with E-state index in [0.29, 0.717) is 5.69 Å². The molecule has 19 heavy (non-hydrogen) atoms. The number of aryl methyl sites for hydroxylation is 1. The van der Waals surface area contributed by atoms with Gasteiger partial charge in [0.05, 0.1) is 12.8 Å². The molecule has 5 heteroatoms. The zero-order valence-corrected chi connectivity index (χ0v) is 11.4. The summed E-state index contributed by atoms with van der Waals surface area (Å²) in [6.07, 6.45) is 0. The molecule has 0 bridgehead atoms. The highest BCUT2D eigenvalue weighted by molar-refractivity contribution is 5.64. The van der Waals surface area contributed by atoms with Gasteiger partial charge >= 0.3 is 5.69 Å². The molecule has 0 spiro atoms. The minimum atomic E-state index is -0.335. The molecule has 1 heterocycles. The van der Waals surface area contributed by atoms with Crippen LogP contribution in [-0.2, 0) is 14.1 Å². The van der Waals surface area contributed by atoms with Crippen LogP contribution < -0.4 is 16.0 Å². The smallest absolute Gasteiger partial charge is 0.330 e. The van der Waals surface area contributed by atoms with Crippen molar-refractivity contribution in [3.63, 3.8) is 0 Å². The number of rotatable bonds is 2. The molecule has 100 valence electrons. The number of ether oxygens (including phenoxy) is 1. The fourth-order valence-corrected chi connectivity index (χ4v) is 2.04. The molecule has 0 saturated carbocycles. The summed E-state index contributed by atoms with van der Waals surface area (Å²) in [6, 6.07) is 7.00. The molecule has 0 N–H and O–H groups in total. The molecule has 2 aromatic rings. The van der Waals surface area contributed by atoms with Gasteiger partial charge in [0.2, 0.25) is 0 Å². The van der Waals surface area contributed by atoms with Gasteiger partial charge in [0.1, 0.15) is 5.75 Å². The van der Waals surface area contributed by atoms with E-state index >= 15 is 0 Å². The normalized spacial score (nSPS) is 10.5. The minimum Gasteiger partial charge on any atom is -0.497 e. The van der Waals surface area contributed by atoms with E-state index in [-0.39, 0.29) is 11.2 Å². The van der Waals surface area contributed by atoms with E-state index in [1.807, 2.05) is 25.1 Å². The molecule has 0 amide bonds. The second-order valence-corrected chi connectivity index (χ2v) is 4.45. The van der Waals surface area contributed by atoms with Crippen LogP contribution in [0.2, 0.25) is 0 Å². The lowest BCUT2D eigenvalue weighted by Crippen LogP contribution is -2.37. The fraction of sp³-hybridized carbons (Fsp3) is 0.286. The quantitative estimate of drug-likeness (QED) is 0.811. The van der Waals surface area contributed by atoms with Gasteiger partial charge in [-0.3, -0.25) is 13.9 Å². The Kier molecular flexibility index (Phi) is 3.29. The Morgan fingerprint density at radius 1 is 1.05 bits per heavy atom. The lowest BCUT2D eigenvalue weighted by molar-refractivity contribution is 0.414. The third kappa shape index (κ3) is 2.19. The van der Waals surface area contributed by atoms with E-state index in [1.54, 1.807) is 14.2 Å². The predicted octanol–water partition coefficient (Wildman–Crippen LogP) is 1.07. The molecule has 0 fully saturated rings. The maximum absolute atomic E-state index is 11.9. The number of hydrogen-bond donors (Lipinski definition) is 0. The number of nitrogens with zero attached hydrogens (tertiary/aromatic N) is 2. The maximum atomic E-state index is 11.9. The van der Waals surface area contributed by atoms with Crippen molar-refractivity contribution in [2.24, 2.45) is 14.1 Å². The monoisotopic (exact) mass is 260 g/mol. The Balaban J connectivity index is 2.73. The first-order chi connectivity index (χ1) is 8.95. The van der Waals surface area contributed by atoms with Crippen molar-refractivity contribution in [3.05, 3.63) is 50.7 Å². The molecule has 1 aromatic carbocycles. The van der Waals surface area contributed by atoms with E-state index in [0.717, 1.165) is 21.4 Å². The Labute approximate surface area is 110 Å². The fourth-order valence-electron chi connectivity index (χ4n) is 2.04. The number of aromatic nitrogens is 2. The molecular formula is C14H16N2O3. The molecule has 0 atom stereocenters. The summed E-state index contributed by atoms with van der Waals surface area (Å²) in [4.78, 5) is 23.7. The van der Waals surface area contributed by atoms with Crippen molar-refractivity contribution in [2.45, 2.75) is 6.92 Å². The maximum Gasteiger partial charge on any atom is 0.330 e. The molecule has 2 rings (SSSR count). The summed E-state index contributed by atoms with van der Waals surface area (Å²) in [5.41, 5.74) is 1.75. The van der Waals surface area contributed by atoms with Crippen molar-refractivity contribution in [2.75, 3.05) is 7.11 Å². The molecular weight excluding hydrogens is 244 g/mol. The summed E-state index contributed by atoms with van der Waals surface area (Å²) < 4.78 is 7.70. The van der Waals surface area contributed by atoms with E-state index in [9.17, 15) is 9.59 Å². The number of benzene rings is 1. The Hall–Kier alpha value is -2.30.